The van der Waals surface area contributed by atoms with Gasteiger partial charge in [0.2, 0.25) is 0 Å². The molecule has 0 bridgehead atoms. The van der Waals surface area contributed by atoms with Crippen molar-refractivity contribution in [2.24, 2.45) is 0 Å². The molecule has 0 aromatic rings. The summed E-state index contributed by atoms with van der Waals surface area (Å²) in [6.45, 7) is 6.24. The fraction of sp³-hybridized carbons (Fsp3) is 0.576. The van der Waals surface area contributed by atoms with Gasteiger partial charge in [-0.25, -0.2) is 0 Å². The number of rotatable bonds is 44. The van der Waals surface area contributed by atoms with Crippen molar-refractivity contribution in [2.45, 2.75) is 207 Å². The molecule has 0 amide bonds. The summed E-state index contributed by atoms with van der Waals surface area (Å²) in [5, 5.41) is 0. The van der Waals surface area contributed by atoms with Crippen molar-refractivity contribution >= 4 is 17.9 Å². The van der Waals surface area contributed by atoms with Gasteiger partial charge in [0.25, 0.3) is 0 Å². The van der Waals surface area contributed by atoms with E-state index in [1.54, 1.807) is 0 Å². The largest absolute Gasteiger partial charge is 0.462 e. The van der Waals surface area contributed by atoms with E-state index in [0.717, 1.165) is 103 Å². The van der Waals surface area contributed by atoms with Crippen molar-refractivity contribution in [3.8, 4) is 0 Å². The van der Waals surface area contributed by atoms with Gasteiger partial charge in [-0.05, 0) is 96.3 Å². The standard InChI is InChI=1S/C59H92O6/c1-4-7-10-13-16-19-22-25-28-29-32-34-37-40-43-46-49-52-58(61)64-55-56(65-59(62)53-50-47-44-41-38-35-31-27-24-21-18-15-12-9-6-3)54-63-57(60)51-48-45-42-39-36-33-30-26-23-20-17-14-11-8-5-2/h8-9,11-12,14-21,23-25,27-28,31-32,34,40,43,56H,4-7,10,13,22,26,29-30,33,35-39,41-42,44-55H2,1-3H3/b11-8-,12-9-,17-14-,18-15-,19-16-,23-20-,24-21-,28-25-,31-27-,34-32-,43-40-. The monoisotopic (exact) mass is 897 g/mol. The average molecular weight is 897 g/mol. The van der Waals surface area contributed by atoms with Gasteiger partial charge in [-0.15, -0.1) is 0 Å². The van der Waals surface area contributed by atoms with E-state index in [2.05, 4.69) is 130 Å². The lowest BCUT2D eigenvalue weighted by molar-refractivity contribution is -0.167. The summed E-state index contributed by atoms with van der Waals surface area (Å²) in [7, 11) is 0. The van der Waals surface area contributed by atoms with Crippen molar-refractivity contribution in [3.05, 3.63) is 134 Å². The number of hydrogen-bond acceptors (Lipinski definition) is 6. The molecule has 0 heterocycles. The number of allylic oxidation sites excluding steroid dienone is 22. The van der Waals surface area contributed by atoms with Crippen LogP contribution in [0.5, 0.6) is 0 Å². The third-order valence-electron chi connectivity index (χ3n) is 10.3. The second-order valence-corrected chi connectivity index (χ2v) is 16.5. The van der Waals surface area contributed by atoms with Crippen LogP contribution in [0.3, 0.4) is 0 Å². The van der Waals surface area contributed by atoms with Crippen molar-refractivity contribution in [2.75, 3.05) is 13.2 Å². The molecule has 0 aliphatic rings. The van der Waals surface area contributed by atoms with Gasteiger partial charge in [0.15, 0.2) is 6.10 Å². The normalized spacial score (nSPS) is 13.2. The Morgan fingerprint density at radius 2 is 0.677 bits per heavy atom. The highest BCUT2D eigenvalue weighted by Gasteiger charge is 2.19. The number of esters is 3. The van der Waals surface area contributed by atoms with E-state index < -0.39 is 6.10 Å². The van der Waals surface area contributed by atoms with E-state index in [1.807, 2.05) is 24.3 Å². The average Bonchev–Trinajstić information content (AvgIpc) is 3.30. The molecule has 0 radical (unpaired) electrons. The second-order valence-electron chi connectivity index (χ2n) is 16.5. The predicted molar refractivity (Wildman–Crippen MR) is 279 cm³/mol. The Morgan fingerprint density at radius 1 is 0.338 bits per heavy atom. The van der Waals surface area contributed by atoms with Gasteiger partial charge in [-0.1, -0.05) is 219 Å². The van der Waals surface area contributed by atoms with E-state index >= 15 is 0 Å². The van der Waals surface area contributed by atoms with E-state index in [-0.39, 0.29) is 44.0 Å². The lowest BCUT2D eigenvalue weighted by Gasteiger charge is -2.18. The summed E-state index contributed by atoms with van der Waals surface area (Å²) < 4.78 is 16.7. The first-order chi connectivity index (χ1) is 32.0. The van der Waals surface area contributed by atoms with Crippen LogP contribution >= 0.6 is 0 Å². The molecule has 6 nitrogen and oxygen atoms in total. The minimum absolute atomic E-state index is 0.116. The molecule has 0 fully saturated rings. The van der Waals surface area contributed by atoms with Crippen molar-refractivity contribution < 1.29 is 28.6 Å². The first kappa shape index (κ1) is 60.5. The van der Waals surface area contributed by atoms with Crippen LogP contribution in [0.25, 0.3) is 0 Å². The van der Waals surface area contributed by atoms with E-state index in [4.69, 9.17) is 14.2 Å². The summed E-state index contributed by atoms with van der Waals surface area (Å²) in [6.07, 6.45) is 72.9. The zero-order valence-corrected chi connectivity index (χ0v) is 41.4. The Labute approximate surface area is 398 Å². The van der Waals surface area contributed by atoms with Gasteiger partial charge in [0.1, 0.15) is 13.2 Å². The first-order valence-electron chi connectivity index (χ1n) is 25.8. The number of carbonyl (C=O) groups excluding carboxylic acids is 3. The van der Waals surface area contributed by atoms with Crippen LogP contribution in [0.15, 0.2) is 134 Å². The Balaban J connectivity index is 4.56. The molecule has 0 N–H and O–H groups in total. The maximum absolute atomic E-state index is 12.8. The van der Waals surface area contributed by atoms with Crippen molar-refractivity contribution in [1.29, 1.82) is 0 Å². The molecule has 0 saturated carbocycles. The number of unbranched alkanes of at least 4 members (excludes halogenated alkanes) is 16. The lowest BCUT2D eigenvalue weighted by atomic mass is 10.1. The lowest BCUT2D eigenvalue weighted by Crippen LogP contribution is -2.30. The molecule has 0 aromatic carbocycles. The maximum atomic E-state index is 12.8. The van der Waals surface area contributed by atoms with Gasteiger partial charge in [-0.2, -0.15) is 0 Å². The third kappa shape index (κ3) is 50.4. The highest BCUT2D eigenvalue weighted by molar-refractivity contribution is 5.71. The summed E-state index contributed by atoms with van der Waals surface area (Å²) >= 11 is 0. The minimum atomic E-state index is -0.822. The van der Waals surface area contributed by atoms with Gasteiger partial charge in [0.05, 0.1) is 0 Å². The van der Waals surface area contributed by atoms with Gasteiger partial charge >= 0.3 is 17.9 Å². The first-order valence-corrected chi connectivity index (χ1v) is 25.8. The highest BCUT2D eigenvalue weighted by atomic mass is 16.6. The minimum Gasteiger partial charge on any atom is -0.462 e. The van der Waals surface area contributed by atoms with Crippen LogP contribution in [0.2, 0.25) is 0 Å². The smallest absolute Gasteiger partial charge is 0.306 e. The predicted octanol–water partition coefficient (Wildman–Crippen LogP) is 17.1. The molecule has 364 valence electrons. The molecule has 6 heteroatoms. The van der Waals surface area contributed by atoms with Crippen LogP contribution < -0.4 is 0 Å². The molecule has 0 spiro atoms. The summed E-state index contributed by atoms with van der Waals surface area (Å²) in [5.74, 6) is -1.02. The Hall–Kier alpha value is -4.45. The molecular formula is C59H92O6. The van der Waals surface area contributed by atoms with Crippen LogP contribution in [0.4, 0.5) is 0 Å². The second kappa shape index (κ2) is 52.2. The molecule has 1 atom stereocenters. The van der Waals surface area contributed by atoms with Crippen LogP contribution in [-0.4, -0.2) is 37.2 Å². The molecule has 65 heavy (non-hydrogen) atoms. The van der Waals surface area contributed by atoms with E-state index in [0.29, 0.717) is 12.8 Å². The maximum Gasteiger partial charge on any atom is 0.306 e. The van der Waals surface area contributed by atoms with Gasteiger partial charge in [0, 0.05) is 19.3 Å². The van der Waals surface area contributed by atoms with Crippen LogP contribution in [-0.2, 0) is 28.6 Å². The molecule has 0 aliphatic heterocycles. The van der Waals surface area contributed by atoms with Crippen molar-refractivity contribution in [3.63, 3.8) is 0 Å². The number of carbonyl (C=O) groups is 3. The molecule has 0 rings (SSSR count). The molecular weight excluding hydrogens is 805 g/mol. The highest BCUT2D eigenvalue weighted by Crippen LogP contribution is 2.13. The van der Waals surface area contributed by atoms with E-state index in [9.17, 15) is 14.4 Å². The molecule has 0 saturated heterocycles. The Kier molecular flexibility index (Phi) is 48.6. The molecule has 1 unspecified atom stereocenters. The quantitative estimate of drug-likeness (QED) is 0.0199. The zero-order valence-electron chi connectivity index (χ0n) is 41.4. The van der Waals surface area contributed by atoms with Gasteiger partial charge in [-0.3, -0.25) is 14.4 Å². The van der Waals surface area contributed by atoms with Crippen LogP contribution in [0, 0.1) is 0 Å². The topological polar surface area (TPSA) is 78.9 Å². The van der Waals surface area contributed by atoms with Crippen LogP contribution in [0.1, 0.15) is 201 Å². The Bertz CT molecular complexity index is 1450. The number of ether oxygens (including phenoxy) is 3. The zero-order chi connectivity index (χ0) is 47.2. The fourth-order valence-corrected chi connectivity index (χ4v) is 6.44. The summed E-state index contributed by atoms with van der Waals surface area (Å²) in [4.78, 5) is 38.0. The summed E-state index contributed by atoms with van der Waals surface area (Å²) in [6, 6.07) is 0. The number of hydrogen-bond donors (Lipinski definition) is 0. The SMILES string of the molecule is CC\C=C/C=C\C=C/C=C\CCCCCCCC(=O)OC(COC(=O)CCC/C=C\C/C=C\C/C=C\C/C=C\CCCCC)COC(=O)CCCCCCCCC\C=C/C=C\C=C/CC. The molecule has 0 aromatic heterocycles. The van der Waals surface area contributed by atoms with E-state index in [1.165, 1.54) is 51.4 Å². The Morgan fingerprint density at radius 3 is 1.14 bits per heavy atom. The van der Waals surface area contributed by atoms with Gasteiger partial charge < -0.3 is 14.2 Å². The third-order valence-corrected chi connectivity index (χ3v) is 10.3. The molecule has 0 aliphatic carbocycles. The fourth-order valence-electron chi connectivity index (χ4n) is 6.44. The summed E-state index contributed by atoms with van der Waals surface area (Å²) in [5.41, 5.74) is 0. The van der Waals surface area contributed by atoms with Crippen molar-refractivity contribution in [1.82, 2.24) is 0 Å².